The maximum Gasteiger partial charge on any atom is 0.658 e. The molecule has 0 heterocycles. The molecule has 0 spiro atoms. The molecule has 0 atom stereocenters. The zero-order chi connectivity index (χ0) is 33.1. The topological polar surface area (TPSA) is 36.9 Å². The lowest BCUT2D eigenvalue weighted by molar-refractivity contribution is 0.304. The van der Waals surface area contributed by atoms with Gasteiger partial charge in [0.25, 0.3) is 0 Å². The third kappa shape index (κ3) is 12.3. The Morgan fingerprint density at radius 3 is 1.19 bits per heavy atom. The molecule has 0 saturated carbocycles. The van der Waals surface area contributed by atoms with Crippen LogP contribution in [0.4, 0.5) is 8.78 Å². The maximum atomic E-state index is 14.8. The number of hydrogen-bond acceptors (Lipinski definition) is 4. The molecule has 4 aromatic rings. The largest absolute Gasteiger partial charge is 0.658 e. The van der Waals surface area contributed by atoms with Crippen LogP contribution in [0, 0.1) is 11.6 Å². The van der Waals surface area contributed by atoms with Crippen molar-refractivity contribution in [3.8, 4) is 45.3 Å². The van der Waals surface area contributed by atoms with E-state index in [4.69, 9.17) is 18.8 Å². The first kappa shape index (κ1) is 35.9. The Morgan fingerprint density at radius 1 is 0.447 bits per heavy atom. The fourth-order valence-corrected chi connectivity index (χ4v) is 5.31. The minimum absolute atomic E-state index is 0.0246. The quantitative estimate of drug-likeness (QED) is 0.0632. The molecule has 0 bridgehead atoms. The molecule has 0 aliphatic rings. The average molecular weight is 642 g/mol. The summed E-state index contributed by atoms with van der Waals surface area (Å²) in [5.74, 6) is 0.446. The van der Waals surface area contributed by atoms with Crippen molar-refractivity contribution < 1.29 is 27.6 Å². The fraction of sp³-hybridized carbons (Fsp3) is 0.400. The lowest BCUT2D eigenvalue weighted by atomic mass is 10.0. The number of hydrogen-bond donors (Lipinski definition) is 0. The molecule has 0 N–H and O–H groups in total. The number of unbranched alkanes of at least 4 members (excludes halogenated alkanes) is 10. The number of ether oxygens (including phenoxy) is 2. The van der Waals surface area contributed by atoms with E-state index in [1.54, 1.807) is 12.1 Å². The van der Waals surface area contributed by atoms with Gasteiger partial charge in [0.05, 0.1) is 13.2 Å². The lowest BCUT2D eigenvalue weighted by Crippen LogP contribution is -2.12. The summed E-state index contributed by atoms with van der Waals surface area (Å²) in [5.41, 5.74) is 3.13. The van der Waals surface area contributed by atoms with E-state index in [-0.39, 0.29) is 11.5 Å². The molecule has 0 fully saturated rings. The third-order valence-corrected chi connectivity index (χ3v) is 8.12. The Labute approximate surface area is 280 Å². The molecule has 0 aliphatic carbocycles. The molecule has 0 amide bonds. The Bertz CT molecular complexity index is 1350. The zero-order valence-corrected chi connectivity index (χ0v) is 27.9. The van der Waals surface area contributed by atoms with Gasteiger partial charge in [-0.25, -0.2) is 8.78 Å². The molecule has 0 unspecified atom stereocenters. The van der Waals surface area contributed by atoms with Crippen LogP contribution < -0.4 is 18.8 Å². The van der Waals surface area contributed by atoms with E-state index >= 15 is 0 Å². The van der Waals surface area contributed by atoms with Crippen molar-refractivity contribution in [2.45, 2.75) is 90.9 Å². The zero-order valence-electron chi connectivity index (χ0n) is 27.9. The van der Waals surface area contributed by atoms with Gasteiger partial charge in [-0.2, -0.15) is 0 Å². The SMILES string of the molecule is CCCCCCCCOc1ccc(-c2ccc(O[B]Oc3ccc(-c4ccc(OCCCCCCCC)cc4)cc3F)c(F)c2)cc1. The molecule has 4 rings (SSSR count). The number of benzene rings is 4. The van der Waals surface area contributed by atoms with Crippen LogP contribution in [-0.2, 0) is 0 Å². The summed E-state index contributed by atoms with van der Waals surface area (Å²) in [5, 5.41) is 0. The first-order valence-electron chi connectivity index (χ1n) is 17.3. The highest BCUT2D eigenvalue weighted by Gasteiger charge is 2.12. The van der Waals surface area contributed by atoms with Crippen LogP contribution in [0.25, 0.3) is 22.3 Å². The van der Waals surface area contributed by atoms with Crippen LogP contribution >= 0.6 is 0 Å². The van der Waals surface area contributed by atoms with E-state index in [1.807, 2.05) is 48.5 Å². The molecular weight excluding hydrogens is 593 g/mol. The molecule has 0 saturated heterocycles. The Kier molecular flexibility index (Phi) is 15.5. The Balaban J connectivity index is 1.20. The predicted molar refractivity (Wildman–Crippen MR) is 188 cm³/mol. The maximum absolute atomic E-state index is 14.8. The van der Waals surface area contributed by atoms with Gasteiger partial charge >= 0.3 is 7.69 Å². The smallest absolute Gasteiger partial charge is 0.524 e. The van der Waals surface area contributed by atoms with Crippen molar-refractivity contribution >= 4 is 7.69 Å². The highest BCUT2D eigenvalue weighted by Crippen LogP contribution is 2.29. The van der Waals surface area contributed by atoms with E-state index in [2.05, 4.69) is 13.8 Å². The van der Waals surface area contributed by atoms with Gasteiger partial charge in [0.15, 0.2) is 11.6 Å². The molecular formula is C40H48BF2O4. The molecule has 0 aromatic heterocycles. The fourth-order valence-electron chi connectivity index (χ4n) is 5.31. The van der Waals surface area contributed by atoms with Gasteiger partial charge in [-0.05, 0) is 83.6 Å². The van der Waals surface area contributed by atoms with Gasteiger partial charge in [0, 0.05) is 0 Å². The summed E-state index contributed by atoms with van der Waals surface area (Å²) in [4.78, 5) is 0. The van der Waals surface area contributed by atoms with Crippen LogP contribution in [0.3, 0.4) is 0 Å². The molecule has 4 nitrogen and oxygen atoms in total. The van der Waals surface area contributed by atoms with Crippen LogP contribution in [0.1, 0.15) is 90.9 Å². The predicted octanol–water partition coefficient (Wildman–Crippen LogP) is 11.8. The van der Waals surface area contributed by atoms with Crippen LogP contribution in [0.15, 0.2) is 84.9 Å². The van der Waals surface area contributed by atoms with Gasteiger partial charge in [-0.1, -0.05) is 114 Å². The average Bonchev–Trinajstić information content (AvgIpc) is 3.09. The van der Waals surface area contributed by atoms with Gasteiger partial charge in [-0.3, -0.25) is 0 Å². The van der Waals surface area contributed by atoms with Crippen molar-refractivity contribution in [2.75, 3.05) is 13.2 Å². The van der Waals surface area contributed by atoms with E-state index in [0.717, 1.165) is 43.2 Å². The summed E-state index contributed by atoms with van der Waals surface area (Å²) in [6.07, 6.45) is 14.6. The van der Waals surface area contributed by atoms with Gasteiger partial charge < -0.3 is 18.8 Å². The highest BCUT2D eigenvalue weighted by molar-refractivity contribution is 6.20. The molecule has 0 aliphatic heterocycles. The van der Waals surface area contributed by atoms with Gasteiger partial charge in [-0.15, -0.1) is 0 Å². The van der Waals surface area contributed by atoms with Crippen molar-refractivity contribution in [1.29, 1.82) is 0 Å². The minimum atomic E-state index is -0.555. The van der Waals surface area contributed by atoms with Crippen LogP contribution in [-0.4, -0.2) is 20.9 Å². The summed E-state index contributed by atoms with van der Waals surface area (Å²) in [6, 6.07) is 24.6. The minimum Gasteiger partial charge on any atom is -0.524 e. The summed E-state index contributed by atoms with van der Waals surface area (Å²) in [7, 11) is 0.933. The molecule has 4 aromatic carbocycles. The summed E-state index contributed by atoms with van der Waals surface area (Å²) < 4.78 is 52.1. The van der Waals surface area contributed by atoms with Gasteiger partial charge in [0.1, 0.15) is 23.0 Å². The second kappa shape index (κ2) is 20.3. The van der Waals surface area contributed by atoms with E-state index in [9.17, 15) is 8.78 Å². The van der Waals surface area contributed by atoms with Crippen molar-refractivity contribution in [2.24, 2.45) is 0 Å². The standard InChI is InChI=1S/C40H48BF2O4/c1-3-5-7-9-11-13-27-44-35-21-15-31(16-22-35)33-19-25-39(37(42)29-33)46-41-47-40-26-20-34(30-38(40)43)32-17-23-36(24-18-32)45-28-14-12-10-8-6-4-2/h15-26,29-30H,3-14,27-28H2,1-2H3. The number of rotatable bonds is 22. The highest BCUT2D eigenvalue weighted by atomic mass is 19.1. The normalized spacial score (nSPS) is 10.9. The Hall–Kier alpha value is -4.00. The van der Waals surface area contributed by atoms with Crippen molar-refractivity contribution in [3.05, 3.63) is 96.6 Å². The molecule has 47 heavy (non-hydrogen) atoms. The summed E-state index contributed by atoms with van der Waals surface area (Å²) in [6.45, 7) is 5.83. The third-order valence-electron chi connectivity index (χ3n) is 8.12. The molecule has 1 radical (unpaired) electrons. The van der Waals surface area contributed by atoms with E-state index < -0.39 is 11.6 Å². The second-order valence-electron chi connectivity index (χ2n) is 11.9. The monoisotopic (exact) mass is 641 g/mol. The summed E-state index contributed by atoms with van der Waals surface area (Å²) >= 11 is 0. The first-order chi connectivity index (χ1) is 23.1. The van der Waals surface area contributed by atoms with Crippen LogP contribution in [0.2, 0.25) is 0 Å². The van der Waals surface area contributed by atoms with E-state index in [1.165, 1.54) is 88.5 Å². The number of halogens is 2. The first-order valence-corrected chi connectivity index (χ1v) is 17.3. The second-order valence-corrected chi connectivity index (χ2v) is 11.9. The molecule has 249 valence electrons. The van der Waals surface area contributed by atoms with E-state index in [0.29, 0.717) is 24.3 Å². The van der Waals surface area contributed by atoms with Gasteiger partial charge in [0.2, 0.25) is 0 Å². The molecule has 7 heteroatoms. The Morgan fingerprint density at radius 2 is 0.809 bits per heavy atom. The lowest BCUT2D eigenvalue weighted by Gasteiger charge is -2.11. The van der Waals surface area contributed by atoms with Crippen molar-refractivity contribution in [3.63, 3.8) is 0 Å². The van der Waals surface area contributed by atoms with Crippen molar-refractivity contribution in [1.82, 2.24) is 0 Å². The van der Waals surface area contributed by atoms with Crippen LogP contribution in [0.5, 0.6) is 23.0 Å².